The van der Waals surface area contributed by atoms with Crippen LogP contribution in [0.3, 0.4) is 0 Å². The van der Waals surface area contributed by atoms with E-state index in [4.69, 9.17) is 16.9 Å². The molecular weight excluding hydrogens is 482 g/mol. The monoisotopic (exact) mass is 507 g/mol. The van der Waals surface area contributed by atoms with Gasteiger partial charge in [-0.25, -0.2) is 4.98 Å². The van der Waals surface area contributed by atoms with Crippen LogP contribution in [0.4, 0.5) is 0 Å². The molecule has 1 fully saturated rings. The normalized spacial score (nSPS) is 14.9. The minimum Gasteiger partial charge on any atom is -0.385 e. The molecule has 186 valence electrons. The lowest BCUT2D eigenvalue weighted by molar-refractivity contribution is -0.133. The number of halogens is 1. The number of aliphatic hydroxyl groups is 1. The summed E-state index contributed by atoms with van der Waals surface area (Å²) < 4.78 is 1.25. The molecule has 0 spiro atoms. The topological polar surface area (TPSA) is 120 Å². The molecular formula is C26H26ClN5O4. The molecule has 1 aliphatic heterocycles. The maximum Gasteiger partial charge on any atom is 0.261 e. The van der Waals surface area contributed by atoms with Gasteiger partial charge in [-0.3, -0.25) is 19.0 Å². The second-order valence-corrected chi connectivity index (χ2v) is 9.53. The molecule has 2 amide bonds. The predicted octanol–water partition coefficient (Wildman–Crippen LogP) is 2.41. The van der Waals surface area contributed by atoms with Crippen molar-refractivity contribution in [3.63, 3.8) is 0 Å². The molecule has 0 aliphatic carbocycles. The summed E-state index contributed by atoms with van der Waals surface area (Å²) in [5.74, 6) is -0.329. The Morgan fingerprint density at radius 2 is 1.94 bits per heavy atom. The Hall–Kier alpha value is -3.74. The van der Waals surface area contributed by atoms with Crippen LogP contribution in [-0.4, -0.2) is 56.4 Å². The molecule has 0 unspecified atom stereocenters. The van der Waals surface area contributed by atoms with Crippen LogP contribution in [0, 0.1) is 11.3 Å². The minimum absolute atomic E-state index is 0.0282. The number of carbonyl (C=O) groups excluding carboxylic acids is 2. The predicted molar refractivity (Wildman–Crippen MR) is 134 cm³/mol. The van der Waals surface area contributed by atoms with Gasteiger partial charge >= 0.3 is 0 Å². The molecule has 2 heterocycles. The number of amides is 2. The fourth-order valence-corrected chi connectivity index (χ4v) is 4.66. The molecule has 1 aliphatic rings. The number of piperidine rings is 1. The first kappa shape index (κ1) is 25.4. The zero-order chi connectivity index (χ0) is 26.0. The van der Waals surface area contributed by atoms with Crippen molar-refractivity contribution in [2.24, 2.45) is 0 Å². The first-order valence-corrected chi connectivity index (χ1v) is 11.9. The fraction of sp³-hybridized carbons (Fsp3) is 0.346. The standard InChI is InChI=1S/C26H26ClN5O4/c1-17(33)31-9-7-26(36,8-10-31)20-5-6-23-21(12-20)25(35)32(16-29-23)15-24(34)30(2)14-18-3-4-19(13-28)22(27)11-18/h3-6,11-12,16,36H,7-10,14-15H2,1-2H3. The number of benzene rings is 2. The SMILES string of the molecule is CC(=O)N1CCC(O)(c2ccc3ncn(CC(=O)N(C)Cc4ccc(C#N)c(Cl)c4)c(=O)c3c2)CC1. The number of rotatable bonds is 5. The van der Waals surface area contributed by atoms with Crippen molar-refractivity contribution in [3.05, 3.63) is 74.8 Å². The Bertz CT molecular complexity index is 1440. The molecule has 9 nitrogen and oxygen atoms in total. The van der Waals surface area contributed by atoms with Gasteiger partial charge < -0.3 is 14.9 Å². The molecule has 10 heteroatoms. The van der Waals surface area contributed by atoms with Gasteiger partial charge in [0.15, 0.2) is 0 Å². The lowest BCUT2D eigenvalue weighted by Crippen LogP contribution is -2.44. The summed E-state index contributed by atoms with van der Waals surface area (Å²) in [4.78, 5) is 45.2. The van der Waals surface area contributed by atoms with Gasteiger partial charge in [-0.05, 0) is 48.2 Å². The lowest BCUT2D eigenvalue weighted by Gasteiger charge is -2.38. The van der Waals surface area contributed by atoms with Crippen molar-refractivity contribution in [2.75, 3.05) is 20.1 Å². The number of carbonyl (C=O) groups is 2. The van der Waals surface area contributed by atoms with Crippen molar-refractivity contribution in [3.8, 4) is 6.07 Å². The number of fused-ring (bicyclic) bond motifs is 1. The summed E-state index contributed by atoms with van der Waals surface area (Å²) in [5, 5.41) is 20.9. The van der Waals surface area contributed by atoms with Crippen LogP contribution in [0.2, 0.25) is 5.02 Å². The molecule has 0 bridgehead atoms. The third-order valence-corrected chi connectivity index (χ3v) is 7.02. The first-order chi connectivity index (χ1) is 17.1. The van der Waals surface area contributed by atoms with E-state index in [2.05, 4.69) is 4.98 Å². The van der Waals surface area contributed by atoms with Crippen LogP contribution >= 0.6 is 11.6 Å². The van der Waals surface area contributed by atoms with Crippen molar-refractivity contribution >= 4 is 34.3 Å². The van der Waals surface area contributed by atoms with E-state index in [1.54, 1.807) is 48.3 Å². The summed E-state index contributed by atoms with van der Waals surface area (Å²) in [7, 11) is 1.62. The Balaban J connectivity index is 1.53. The highest BCUT2D eigenvalue weighted by atomic mass is 35.5. The van der Waals surface area contributed by atoms with Crippen LogP contribution in [-0.2, 0) is 28.3 Å². The number of likely N-dealkylation sites (tertiary alicyclic amines) is 1. The van der Waals surface area contributed by atoms with Gasteiger partial charge in [0.1, 0.15) is 12.6 Å². The number of likely N-dealkylation sites (N-methyl/N-ethyl adjacent to an activating group) is 1. The molecule has 0 radical (unpaired) electrons. The van der Waals surface area contributed by atoms with Crippen LogP contribution < -0.4 is 5.56 Å². The number of nitrogens with zero attached hydrogens (tertiary/aromatic N) is 5. The average molecular weight is 508 g/mol. The molecule has 2 aromatic carbocycles. The van der Waals surface area contributed by atoms with Gasteiger partial charge in [-0.1, -0.05) is 23.7 Å². The van der Waals surface area contributed by atoms with Gasteiger partial charge in [0, 0.05) is 33.6 Å². The van der Waals surface area contributed by atoms with Crippen LogP contribution in [0.5, 0.6) is 0 Å². The van der Waals surface area contributed by atoms with Gasteiger partial charge in [0.05, 0.1) is 33.4 Å². The largest absolute Gasteiger partial charge is 0.385 e. The van der Waals surface area contributed by atoms with Crippen molar-refractivity contribution < 1.29 is 14.7 Å². The van der Waals surface area contributed by atoms with E-state index in [1.807, 2.05) is 6.07 Å². The highest BCUT2D eigenvalue weighted by Crippen LogP contribution is 2.33. The zero-order valence-electron chi connectivity index (χ0n) is 20.1. The smallest absolute Gasteiger partial charge is 0.261 e. The third kappa shape index (κ3) is 5.10. The number of nitriles is 1. The quantitative estimate of drug-likeness (QED) is 0.566. The molecule has 1 aromatic heterocycles. The molecule has 0 atom stereocenters. The molecule has 4 rings (SSSR count). The van der Waals surface area contributed by atoms with Gasteiger partial charge in [-0.15, -0.1) is 0 Å². The highest BCUT2D eigenvalue weighted by Gasteiger charge is 2.35. The van der Waals surface area contributed by atoms with Gasteiger partial charge in [0.2, 0.25) is 11.8 Å². The fourth-order valence-electron chi connectivity index (χ4n) is 4.42. The Morgan fingerprint density at radius 1 is 1.22 bits per heavy atom. The summed E-state index contributed by atoms with van der Waals surface area (Å²) >= 11 is 6.08. The highest BCUT2D eigenvalue weighted by molar-refractivity contribution is 6.31. The third-order valence-electron chi connectivity index (χ3n) is 6.70. The van der Waals surface area contributed by atoms with Crippen molar-refractivity contribution in [2.45, 2.75) is 38.5 Å². The van der Waals surface area contributed by atoms with E-state index < -0.39 is 5.60 Å². The van der Waals surface area contributed by atoms with E-state index >= 15 is 0 Å². The summed E-state index contributed by atoms with van der Waals surface area (Å²) in [6.45, 7) is 2.43. The maximum atomic E-state index is 13.2. The average Bonchev–Trinajstić information content (AvgIpc) is 2.86. The second kappa shape index (κ2) is 10.1. The number of aromatic nitrogens is 2. The van der Waals surface area contributed by atoms with Crippen molar-refractivity contribution in [1.29, 1.82) is 5.26 Å². The maximum absolute atomic E-state index is 13.2. The second-order valence-electron chi connectivity index (χ2n) is 9.12. The molecule has 1 N–H and O–H groups in total. The summed E-state index contributed by atoms with van der Waals surface area (Å²) in [6, 6.07) is 12.0. The van der Waals surface area contributed by atoms with Crippen LogP contribution in [0.1, 0.15) is 36.5 Å². The van der Waals surface area contributed by atoms with Crippen molar-refractivity contribution in [1.82, 2.24) is 19.4 Å². The zero-order valence-corrected chi connectivity index (χ0v) is 20.8. The van der Waals surface area contributed by atoms with Gasteiger partial charge in [0.25, 0.3) is 5.56 Å². The van der Waals surface area contributed by atoms with E-state index in [9.17, 15) is 19.5 Å². The molecule has 0 saturated carbocycles. The first-order valence-electron chi connectivity index (χ1n) is 11.5. The van der Waals surface area contributed by atoms with E-state index in [0.717, 1.165) is 5.56 Å². The molecule has 36 heavy (non-hydrogen) atoms. The minimum atomic E-state index is -1.15. The van der Waals surface area contributed by atoms with E-state index in [1.165, 1.54) is 22.7 Å². The molecule has 1 saturated heterocycles. The van der Waals surface area contributed by atoms with E-state index in [0.29, 0.717) is 53.0 Å². The lowest BCUT2D eigenvalue weighted by atomic mass is 9.84. The summed E-state index contributed by atoms with van der Waals surface area (Å²) in [6.07, 6.45) is 2.08. The van der Waals surface area contributed by atoms with Crippen LogP contribution in [0.15, 0.2) is 47.5 Å². The number of hydrogen-bond donors (Lipinski definition) is 1. The Labute approximate surface area is 213 Å². The van der Waals surface area contributed by atoms with Crippen LogP contribution in [0.25, 0.3) is 10.9 Å². The van der Waals surface area contributed by atoms with E-state index in [-0.39, 0.29) is 30.5 Å². The molecule has 3 aromatic rings. The number of hydrogen-bond acceptors (Lipinski definition) is 6. The Kier molecular flexibility index (Phi) is 7.11. The summed E-state index contributed by atoms with van der Waals surface area (Å²) in [5.41, 5.74) is 0.652. The van der Waals surface area contributed by atoms with Gasteiger partial charge in [-0.2, -0.15) is 5.26 Å². The Morgan fingerprint density at radius 3 is 2.58 bits per heavy atom.